The number of carbonyl (C=O) groups excluding carboxylic acids is 2. The summed E-state index contributed by atoms with van der Waals surface area (Å²) in [5.41, 5.74) is 10.8. The van der Waals surface area contributed by atoms with E-state index in [1.807, 2.05) is 0 Å². The molecule has 5 N–H and O–H groups in total. The fourth-order valence-electron chi connectivity index (χ4n) is 1.82. The lowest BCUT2D eigenvalue weighted by atomic mass is 9.92. The minimum Gasteiger partial charge on any atom is -0.370 e. The second kappa shape index (κ2) is 6.21. The molecule has 0 heterocycles. The second-order valence-electron chi connectivity index (χ2n) is 5.01. The van der Waals surface area contributed by atoms with Crippen LogP contribution in [-0.4, -0.2) is 24.4 Å². The lowest BCUT2D eigenvalue weighted by Gasteiger charge is -2.21. The Morgan fingerprint density at radius 1 is 1.35 bits per heavy atom. The Hall–Kier alpha value is -0.810. The molecule has 0 bridgehead atoms. The van der Waals surface area contributed by atoms with Crippen molar-refractivity contribution >= 4 is 24.2 Å². The van der Waals surface area contributed by atoms with Crippen LogP contribution in [0.5, 0.6) is 0 Å². The topological polar surface area (TPSA) is 98.2 Å². The molecule has 1 rings (SSSR count). The lowest BCUT2D eigenvalue weighted by Crippen LogP contribution is -2.45. The average molecular weight is 264 g/mol. The first kappa shape index (κ1) is 16.2. The standard InChI is InChI=1S/C11H21N3O2.ClH/c1-7(2)11(3-4-11)6-14-10(16)8(12)5-9(13)15;/h7-8H,3-6,12H2,1-2H3,(H2,13,15)(H,14,16);1H. The van der Waals surface area contributed by atoms with Crippen molar-refractivity contribution in [2.24, 2.45) is 22.8 Å². The minimum atomic E-state index is -0.819. The van der Waals surface area contributed by atoms with Gasteiger partial charge in [0, 0.05) is 6.54 Å². The Bertz CT molecular complexity index is 290. The van der Waals surface area contributed by atoms with Crippen molar-refractivity contribution in [3.63, 3.8) is 0 Å². The number of hydrogen-bond donors (Lipinski definition) is 3. The molecule has 0 aliphatic heterocycles. The summed E-state index contributed by atoms with van der Waals surface area (Å²) in [7, 11) is 0. The molecule has 100 valence electrons. The Kier molecular flexibility index (Phi) is 5.92. The molecule has 0 aromatic rings. The molecule has 0 spiro atoms. The van der Waals surface area contributed by atoms with Gasteiger partial charge >= 0.3 is 0 Å². The van der Waals surface area contributed by atoms with Crippen molar-refractivity contribution in [3.8, 4) is 0 Å². The molecule has 17 heavy (non-hydrogen) atoms. The first-order valence-electron chi connectivity index (χ1n) is 5.69. The van der Waals surface area contributed by atoms with Crippen molar-refractivity contribution in [1.29, 1.82) is 0 Å². The molecule has 5 nitrogen and oxygen atoms in total. The number of nitrogens with two attached hydrogens (primary N) is 2. The van der Waals surface area contributed by atoms with Gasteiger partial charge in [0.1, 0.15) is 0 Å². The Morgan fingerprint density at radius 2 is 1.88 bits per heavy atom. The summed E-state index contributed by atoms with van der Waals surface area (Å²) in [6.45, 7) is 4.96. The molecule has 1 saturated carbocycles. The van der Waals surface area contributed by atoms with Crippen LogP contribution in [0.4, 0.5) is 0 Å². The molecule has 1 fully saturated rings. The molecule has 0 radical (unpaired) electrons. The third-order valence-electron chi connectivity index (χ3n) is 3.49. The molecule has 6 heteroatoms. The van der Waals surface area contributed by atoms with Gasteiger partial charge in [-0.2, -0.15) is 0 Å². The predicted molar refractivity (Wildman–Crippen MR) is 68.5 cm³/mol. The van der Waals surface area contributed by atoms with E-state index in [0.29, 0.717) is 12.5 Å². The molecule has 1 atom stereocenters. The van der Waals surface area contributed by atoms with Crippen LogP contribution >= 0.6 is 12.4 Å². The SMILES string of the molecule is CC(C)C1(CNC(=O)C(N)CC(N)=O)CC1.Cl. The maximum Gasteiger partial charge on any atom is 0.237 e. The van der Waals surface area contributed by atoms with Gasteiger partial charge in [-0.05, 0) is 24.2 Å². The number of primary amides is 1. The number of carbonyl (C=O) groups is 2. The van der Waals surface area contributed by atoms with Gasteiger partial charge in [-0.25, -0.2) is 0 Å². The minimum absolute atomic E-state index is 0. The van der Waals surface area contributed by atoms with E-state index >= 15 is 0 Å². The zero-order chi connectivity index (χ0) is 12.3. The van der Waals surface area contributed by atoms with Gasteiger partial charge in [-0.15, -0.1) is 12.4 Å². The highest BCUT2D eigenvalue weighted by atomic mass is 35.5. The summed E-state index contributed by atoms with van der Waals surface area (Å²) in [4.78, 5) is 22.1. The van der Waals surface area contributed by atoms with E-state index in [0.717, 1.165) is 12.8 Å². The van der Waals surface area contributed by atoms with Crippen molar-refractivity contribution < 1.29 is 9.59 Å². The first-order chi connectivity index (χ1) is 7.37. The highest BCUT2D eigenvalue weighted by Gasteiger charge is 2.45. The number of halogens is 1. The summed E-state index contributed by atoms with van der Waals surface area (Å²) in [5.74, 6) is -0.279. The quantitative estimate of drug-likeness (QED) is 0.637. The molecule has 1 aliphatic rings. The van der Waals surface area contributed by atoms with Crippen LogP contribution in [0, 0.1) is 11.3 Å². The van der Waals surface area contributed by atoms with Crippen LogP contribution in [0.15, 0.2) is 0 Å². The zero-order valence-corrected chi connectivity index (χ0v) is 11.2. The number of amides is 2. The van der Waals surface area contributed by atoms with E-state index in [1.165, 1.54) is 0 Å². The molecular formula is C11H22ClN3O2. The largest absolute Gasteiger partial charge is 0.370 e. The van der Waals surface area contributed by atoms with Gasteiger partial charge in [0.05, 0.1) is 12.5 Å². The smallest absolute Gasteiger partial charge is 0.237 e. The van der Waals surface area contributed by atoms with Gasteiger partial charge in [0.15, 0.2) is 0 Å². The molecule has 1 aliphatic carbocycles. The fourth-order valence-corrected chi connectivity index (χ4v) is 1.82. The van der Waals surface area contributed by atoms with E-state index in [9.17, 15) is 9.59 Å². The van der Waals surface area contributed by atoms with Crippen LogP contribution in [-0.2, 0) is 9.59 Å². The molecule has 2 amide bonds. The Labute approximate surface area is 108 Å². The zero-order valence-electron chi connectivity index (χ0n) is 10.4. The van der Waals surface area contributed by atoms with Gasteiger partial charge in [0.25, 0.3) is 0 Å². The average Bonchev–Trinajstić information content (AvgIpc) is 2.93. The maximum atomic E-state index is 11.5. The molecule has 0 saturated heterocycles. The molecule has 0 aromatic carbocycles. The Morgan fingerprint density at radius 3 is 2.24 bits per heavy atom. The maximum absolute atomic E-state index is 11.5. The third kappa shape index (κ3) is 4.52. The third-order valence-corrected chi connectivity index (χ3v) is 3.49. The van der Waals surface area contributed by atoms with Crippen molar-refractivity contribution in [3.05, 3.63) is 0 Å². The van der Waals surface area contributed by atoms with E-state index in [-0.39, 0.29) is 30.2 Å². The van der Waals surface area contributed by atoms with Gasteiger partial charge in [0.2, 0.25) is 11.8 Å². The number of nitrogens with one attached hydrogen (secondary N) is 1. The van der Waals surface area contributed by atoms with Gasteiger partial charge < -0.3 is 16.8 Å². The summed E-state index contributed by atoms with van der Waals surface area (Å²) >= 11 is 0. The van der Waals surface area contributed by atoms with Crippen LogP contribution in [0.1, 0.15) is 33.1 Å². The van der Waals surface area contributed by atoms with E-state index < -0.39 is 11.9 Å². The Balaban J connectivity index is 0.00000256. The molecule has 0 aromatic heterocycles. The monoisotopic (exact) mass is 263 g/mol. The molecular weight excluding hydrogens is 242 g/mol. The summed E-state index contributed by atoms with van der Waals surface area (Å²) in [6.07, 6.45) is 2.20. The van der Waals surface area contributed by atoms with Crippen LogP contribution in [0.25, 0.3) is 0 Å². The van der Waals surface area contributed by atoms with Crippen molar-refractivity contribution in [2.75, 3.05) is 6.54 Å². The van der Waals surface area contributed by atoms with Crippen LogP contribution < -0.4 is 16.8 Å². The summed E-state index contributed by atoms with van der Waals surface area (Å²) < 4.78 is 0. The van der Waals surface area contributed by atoms with E-state index in [2.05, 4.69) is 19.2 Å². The highest BCUT2D eigenvalue weighted by molar-refractivity contribution is 5.87. The highest BCUT2D eigenvalue weighted by Crippen LogP contribution is 2.51. The van der Waals surface area contributed by atoms with E-state index in [4.69, 9.17) is 11.5 Å². The van der Waals surface area contributed by atoms with Crippen LogP contribution in [0.2, 0.25) is 0 Å². The first-order valence-corrected chi connectivity index (χ1v) is 5.69. The lowest BCUT2D eigenvalue weighted by molar-refractivity contribution is -0.126. The summed E-state index contributed by atoms with van der Waals surface area (Å²) in [5, 5.41) is 2.80. The number of hydrogen-bond acceptors (Lipinski definition) is 3. The predicted octanol–water partition coefficient (Wildman–Crippen LogP) is 0.163. The second-order valence-corrected chi connectivity index (χ2v) is 5.01. The van der Waals surface area contributed by atoms with E-state index in [1.54, 1.807) is 0 Å². The number of rotatable bonds is 6. The summed E-state index contributed by atoms with van der Waals surface area (Å²) in [6, 6.07) is -0.819. The van der Waals surface area contributed by atoms with Crippen LogP contribution in [0.3, 0.4) is 0 Å². The normalized spacial score (nSPS) is 18.1. The van der Waals surface area contributed by atoms with Gasteiger partial charge in [-0.3, -0.25) is 9.59 Å². The fraction of sp³-hybridized carbons (Fsp3) is 0.818. The molecule has 1 unspecified atom stereocenters. The van der Waals surface area contributed by atoms with Gasteiger partial charge in [-0.1, -0.05) is 13.8 Å². The van der Waals surface area contributed by atoms with Crippen molar-refractivity contribution in [2.45, 2.75) is 39.2 Å². The van der Waals surface area contributed by atoms with Crippen molar-refractivity contribution in [1.82, 2.24) is 5.32 Å².